The van der Waals surface area contributed by atoms with Crippen molar-refractivity contribution in [1.82, 2.24) is 0 Å². The van der Waals surface area contributed by atoms with Crippen LogP contribution >= 0.6 is 22.2 Å². The van der Waals surface area contributed by atoms with E-state index in [0.717, 1.165) is 0 Å². The summed E-state index contributed by atoms with van der Waals surface area (Å²) in [6.07, 6.45) is 6.19. The summed E-state index contributed by atoms with van der Waals surface area (Å²) in [7, 11) is -0.206. The van der Waals surface area contributed by atoms with Gasteiger partial charge in [0, 0.05) is 9.79 Å². The van der Waals surface area contributed by atoms with Gasteiger partial charge in [-0.1, -0.05) is 194 Å². The van der Waals surface area contributed by atoms with Crippen molar-refractivity contribution in [2.45, 2.75) is 16.7 Å². The van der Waals surface area contributed by atoms with E-state index in [-0.39, 0.29) is 10.5 Å². The highest BCUT2D eigenvalue weighted by Gasteiger charge is 2.23. The van der Waals surface area contributed by atoms with Crippen LogP contribution in [0, 0.1) is 0 Å². The Morgan fingerprint density at radius 2 is 0.636 bits per heavy atom. The van der Waals surface area contributed by atoms with E-state index in [9.17, 15) is 0 Å². The Balaban J connectivity index is 0.00000156. The highest BCUT2D eigenvalue weighted by atomic mass is 32.2. The van der Waals surface area contributed by atoms with Crippen LogP contribution in [0.15, 0.2) is 229 Å². The molecule has 12 aromatic rings. The molecule has 316 valence electrons. The second-order valence-corrected chi connectivity index (χ2v) is 19.6. The van der Waals surface area contributed by atoms with Crippen molar-refractivity contribution in [2.75, 3.05) is 12.5 Å². The summed E-state index contributed by atoms with van der Waals surface area (Å²) in [4.78, 5) is 2.58. The van der Waals surface area contributed by atoms with Crippen molar-refractivity contribution in [1.29, 1.82) is 0 Å². The minimum Gasteiger partial charge on any atom is -0.165 e. The third-order valence-corrected chi connectivity index (χ3v) is 15.0. The van der Waals surface area contributed by atoms with Crippen molar-refractivity contribution in [3.05, 3.63) is 219 Å². The molecule has 1 unspecified atom stereocenters. The van der Waals surface area contributed by atoms with Gasteiger partial charge in [0.2, 0.25) is 0 Å². The number of rotatable bonds is 6. The third-order valence-electron chi connectivity index (χ3n) is 13.2. The van der Waals surface area contributed by atoms with Crippen molar-refractivity contribution >= 4 is 104 Å². The Labute approximate surface area is 393 Å². The predicted molar refractivity (Wildman–Crippen MR) is 297 cm³/mol. The molecule has 66 heavy (non-hydrogen) atoms. The Kier molecular flexibility index (Phi) is 10.9. The van der Waals surface area contributed by atoms with Crippen LogP contribution in [0.4, 0.5) is 0 Å². The van der Waals surface area contributed by atoms with Crippen LogP contribution < -0.4 is 0 Å². The largest absolute Gasteiger partial charge is 0.165 e. The maximum Gasteiger partial charge on any atom is 0.0154 e. The van der Waals surface area contributed by atoms with Crippen LogP contribution in [0.25, 0.3) is 120 Å². The average Bonchev–Trinajstić information content (AvgIpc) is 3.36. The number of benzene rings is 12. The summed E-state index contributed by atoms with van der Waals surface area (Å²) in [6, 6.07) is 77.1. The van der Waals surface area contributed by atoms with Crippen LogP contribution in [0.1, 0.15) is 6.92 Å². The standard InChI is InChI=1S/C61H42S2.C3H6/c1-62-56-36-40-20-6-4-18-38(40)34-54(56)60-48-28-14-10-24-44(48)58(45-25-11-15-29-49(45)60)52-32-33-53(43-23-9-8-22-42(43)52)59-46-26-12-16-30-50(46)61(51-31-17-13-27-47(51)59)55-35-39-19-5-7-21-41(39)37-57(55)63(2)3;1-3-2/h4-37H,2H2,1,3H3;3H,1H2,2H3. The molecule has 0 radical (unpaired) electrons. The maximum atomic E-state index is 4.60. The van der Waals surface area contributed by atoms with Gasteiger partial charge in [0.1, 0.15) is 0 Å². The van der Waals surface area contributed by atoms with Crippen molar-refractivity contribution in [2.24, 2.45) is 0 Å². The average molecular weight is 881 g/mol. The highest BCUT2D eigenvalue weighted by molar-refractivity contribution is 8.13. The molecule has 0 spiro atoms. The topological polar surface area (TPSA) is 0 Å². The van der Waals surface area contributed by atoms with Crippen LogP contribution in [0.3, 0.4) is 0 Å². The molecule has 0 aromatic heterocycles. The van der Waals surface area contributed by atoms with Gasteiger partial charge in [-0.2, -0.15) is 10.5 Å². The minimum atomic E-state index is -0.206. The van der Waals surface area contributed by atoms with Crippen molar-refractivity contribution in [3.8, 4) is 44.5 Å². The first-order chi connectivity index (χ1) is 32.5. The summed E-state index contributed by atoms with van der Waals surface area (Å²) in [5.41, 5.74) is 10.2. The van der Waals surface area contributed by atoms with Gasteiger partial charge >= 0.3 is 0 Å². The Hall–Kier alpha value is -7.23. The quantitative estimate of drug-likeness (QED) is 0.0694. The predicted octanol–water partition coefficient (Wildman–Crippen LogP) is 19.0. The van der Waals surface area contributed by atoms with Crippen LogP contribution in [-0.4, -0.2) is 18.4 Å². The fourth-order valence-electron chi connectivity index (χ4n) is 10.4. The number of allylic oxidation sites excluding steroid dienone is 1. The first-order valence-electron chi connectivity index (χ1n) is 22.5. The fraction of sp³-hybridized carbons (Fsp3) is 0.0469. The molecule has 0 aliphatic heterocycles. The number of hydrogen-bond donors (Lipinski definition) is 0. The Bertz CT molecular complexity index is 3810. The van der Waals surface area contributed by atoms with E-state index in [1.54, 1.807) is 6.08 Å². The normalized spacial score (nSPS) is 12.0. The van der Waals surface area contributed by atoms with Gasteiger partial charge in [-0.25, -0.2) is 0 Å². The molecule has 0 amide bonds. The highest BCUT2D eigenvalue weighted by Crippen LogP contribution is 2.51. The minimum absolute atomic E-state index is 0.206. The molecule has 0 aliphatic rings. The lowest BCUT2D eigenvalue weighted by Crippen LogP contribution is -1.95. The number of fused-ring (bicyclic) bond motifs is 7. The second-order valence-electron chi connectivity index (χ2n) is 17.0. The molecule has 0 fully saturated rings. The van der Waals surface area contributed by atoms with Crippen LogP contribution in [0.5, 0.6) is 0 Å². The van der Waals surface area contributed by atoms with Gasteiger partial charge < -0.3 is 0 Å². The third kappa shape index (κ3) is 6.83. The number of hydrogen-bond acceptors (Lipinski definition) is 1. The van der Waals surface area contributed by atoms with E-state index in [1.807, 2.05) is 18.7 Å². The maximum absolute atomic E-state index is 4.60. The zero-order chi connectivity index (χ0) is 44.9. The SMILES string of the molecule is C=CC.C=S(C)c1cc2ccccc2cc1-c1c2ccccc2c(-c2ccc(-c3c4ccccc4c(-c4cc5ccccc5cc4SC)c4ccccc34)c3ccccc23)c2ccccc12. The van der Waals surface area contributed by atoms with Crippen LogP contribution in [0.2, 0.25) is 0 Å². The molecular weight excluding hydrogens is 833 g/mol. The van der Waals surface area contributed by atoms with Crippen molar-refractivity contribution in [3.63, 3.8) is 0 Å². The summed E-state index contributed by atoms with van der Waals surface area (Å²) in [5.74, 6) is 4.60. The first-order valence-corrected chi connectivity index (χ1v) is 25.5. The monoisotopic (exact) mass is 880 g/mol. The van der Waals surface area contributed by atoms with Gasteiger partial charge in [-0.15, -0.1) is 18.3 Å². The molecule has 12 aromatic carbocycles. The molecule has 12 rings (SSSR count). The van der Waals surface area contributed by atoms with Gasteiger partial charge in [0.05, 0.1) is 0 Å². The van der Waals surface area contributed by atoms with E-state index < -0.39 is 0 Å². The smallest absolute Gasteiger partial charge is 0.0154 e. The van der Waals surface area contributed by atoms with E-state index in [1.165, 1.54) is 130 Å². The molecular formula is C64H48S2. The second kappa shape index (κ2) is 17.3. The molecule has 0 heterocycles. The zero-order valence-electron chi connectivity index (χ0n) is 37.4. The molecule has 1 atom stereocenters. The van der Waals surface area contributed by atoms with E-state index in [0.29, 0.717) is 0 Å². The van der Waals surface area contributed by atoms with Gasteiger partial charge in [0.15, 0.2) is 0 Å². The first kappa shape index (κ1) is 41.5. The molecule has 0 nitrogen and oxygen atoms in total. The van der Waals surface area contributed by atoms with Crippen LogP contribution in [-0.2, 0) is 0 Å². The zero-order valence-corrected chi connectivity index (χ0v) is 39.1. The Morgan fingerprint density at radius 3 is 0.985 bits per heavy atom. The lowest BCUT2D eigenvalue weighted by atomic mass is 9.81. The summed E-state index contributed by atoms with van der Waals surface area (Å²) in [6.45, 7) is 5.25. The van der Waals surface area contributed by atoms with Gasteiger partial charge in [0.25, 0.3) is 0 Å². The lowest BCUT2D eigenvalue weighted by molar-refractivity contribution is 1.50. The molecule has 0 N–H and O–H groups in total. The van der Waals surface area contributed by atoms with Gasteiger partial charge in [-0.05, 0) is 164 Å². The summed E-state index contributed by atoms with van der Waals surface area (Å²) >= 11 is 1.82. The Morgan fingerprint density at radius 1 is 0.364 bits per heavy atom. The molecule has 2 heteroatoms. The van der Waals surface area contributed by atoms with E-state index >= 15 is 0 Å². The van der Waals surface area contributed by atoms with Crippen molar-refractivity contribution < 1.29 is 0 Å². The fourth-order valence-corrected chi connectivity index (χ4v) is 11.9. The molecule has 0 bridgehead atoms. The molecule has 0 saturated carbocycles. The molecule has 0 saturated heterocycles. The van der Waals surface area contributed by atoms with Gasteiger partial charge in [-0.3, -0.25) is 0 Å². The summed E-state index contributed by atoms with van der Waals surface area (Å²) < 4.78 is 0. The number of thioether (sulfide) groups is 1. The van der Waals surface area contributed by atoms with E-state index in [4.69, 9.17) is 0 Å². The summed E-state index contributed by atoms with van der Waals surface area (Å²) in [5, 5.41) is 17.6. The lowest BCUT2D eigenvalue weighted by Gasteiger charge is -2.22. The molecule has 0 aliphatic carbocycles. The van der Waals surface area contributed by atoms with E-state index in [2.05, 4.69) is 231 Å².